The summed E-state index contributed by atoms with van der Waals surface area (Å²) in [6, 6.07) is 13.1. The predicted molar refractivity (Wildman–Crippen MR) is 103 cm³/mol. The van der Waals surface area contributed by atoms with Crippen molar-refractivity contribution in [3.8, 4) is 0 Å². The molecule has 0 radical (unpaired) electrons. The molecule has 0 atom stereocenters. The highest BCUT2D eigenvalue weighted by molar-refractivity contribution is 7.15. The topological polar surface area (TPSA) is 77.9 Å². The van der Waals surface area contributed by atoms with Gasteiger partial charge in [0.25, 0.3) is 5.91 Å². The molecule has 0 aliphatic carbocycles. The van der Waals surface area contributed by atoms with Crippen molar-refractivity contribution in [3.63, 3.8) is 0 Å². The third kappa shape index (κ3) is 4.95. The van der Waals surface area contributed by atoms with Crippen molar-refractivity contribution in [2.45, 2.75) is 19.3 Å². The third-order valence-corrected chi connectivity index (χ3v) is 5.71. The maximum atomic E-state index is 12.5. The Hall–Kier alpha value is -2.67. The largest absolute Gasteiger partial charge is 0.477 e. The van der Waals surface area contributed by atoms with Crippen LogP contribution in [0.3, 0.4) is 0 Å². The second kappa shape index (κ2) is 8.81. The third-order valence-electron chi connectivity index (χ3n) is 4.65. The summed E-state index contributed by atoms with van der Waals surface area (Å²) in [7, 11) is 0. The van der Waals surface area contributed by atoms with Gasteiger partial charge in [0.15, 0.2) is 0 Å². The number of nitrogens with zero attached hydrogens (tertiary/aromatic N) is 2. The molecular formula is C20H22N2O4S. The number of amides is 2. The van der Waals surface area contributed by atoms with E-state index < -0.39 is 5.97 Å². The lowest BCUT2D eigenvalue weighted by Crippen LogP contribution is -2.50. The number of thiophene rings is 1. The summed E-state index contributed by atoms with van der Waals surface area (Å²) >= 11 is 0.988. The normalized spacial score (nSPS) is 14.2. The van der Waals surface area contributed by atoms with Gasteiger partial charge in [0.1, 0.15) is 4.88 Å². The predicted octanol–water partition coefficient (Wildman–Crippen LogP) is 2.75. The Morgan fingerprint density at radius 2 is 1.52 bits per heavy atom. The van der Waals surface area contributed by atoms with Crippen molar-refractivity contribution >= 4 is 29.1 Å². The van der Waals surface area contributed by atoms with E-state index in [9.17, 15) is 14.4 Å². The molecule has 0 saturated carbocycles. The number of carbonyl (C=O) groups is 3. The minimum absolute atomic E-state index is 0.127. The fourth-order valence-corrected chi connectivity index (χ4v) is 3.94. The maximum Gasteiger partial charge on any atom is 0.345 e. The van der Waals surface area contributed by atoms with Gasteiger partial charge in [-0.3, -0.25) is 9.59 Å². The summed E-state index contributed by atoms with van der Waals surface area (Å²) in [5, 5.41) is 8.97. The van der Waals surface area contributed by atoms with Gasteiger partial charge in [-0.05, 0) is 30.5 Å². The molecular weight excluding hydrogens is 364 g/mol. The second-order valence-electron chi connectivity index (χ2n) is 6.48. The lowest BCUT2D eigenvalue weighted by Gasteiger charge is -2.34. The van der Waals surface area contributed by atoms with E-state index in [0.717, 1.165) is 24.2 Å². The maximum absolute atomic E-state index is 12.5. The fourth-order valence-electron chi connectivity index (χ4n) is 3.13. The Morgan fingerprint density at radius 1 is 0.889 bits per heavy atom. The van der Waals surface area contributed by atoms with Crippen LogP contribution in [0.5, 0.6) is 0 Å². The van der Waals surface area contributed by atoms with Crippen LogP contribution in [0.25, 0.3) is 0 Å². The monoisotopic (exact) mass is 386 g/mol. The van der Waals surface area contributed by atoms with Crippen LogP contribution in [0.1, 0.15) is 37.7 Å². The Bertz CT molecular complexity index is 810. The van der Waals surface area contributed by atoms with Gasteiger partial charge in [-0.15, -0.1) is 11.3 Å². The molecule has 142 valence electrons. The first-order valence-corrected chi connectivity index (χ1v) is 9.80. The molecule has 2 amide bonds. The summed E-state index contributed by atoms with van der Waals surface area (Å²) in [4.78, 5) is 39.9. The Kier molecular flexibility index (Phi) is 6.24. The van der Waals surface area contributed by atoms with Crippen molar-refractivity contribution in [3.05, 3.63) is 57.8 Å². The molecule has 1 aliphatic rings. The van der Waals surface area contributed by atoms with Crippen molar-refractivity contribution < 1.29 is 19.5 Å². The van der Waals surface area contributed by atoms with Crippen molar-refractivity contribution in [2.75, 3.05) is 26.2 Å². The standard InChI is InChI=1S/C20H22N2O4S/c23-18(8-4-7-15-5-2-1-3-6-15)21-11-13-22(14-12-21)19(24)16-9-10-17(27-16)20(25)26/h1-3,5-6,9-10H,4,7-8,11-14H2,(H,25,26). The molecule has 1 aromatic carbocycles. The molecule has 1 aromatic heterocycles. The minimum atomic E-state index is -1.02. The first kappa shape index (κ1) is 19.1. The first-order valence-electron chi connectivity index (χ1n) is 8.98. The lowest BCUT2D eigenvalue weighted by atomic mass is 10.1. The van der Waals surface area contributed by atoms with Gasteiger partial charge >= 0.3 is 5.97 Å². The number of aryl methyl sites for hydroxylation is 1. The van der Waals surface area contributed by atoms with Gasteiger partial charge in [-0.2, -0.15) is 0 Å². The molecule has 0 spiro atoms. The molecule has 1 fully saturated rings. The zero-order valence-corrected chi connectivity index (χ0v) is 15.8. The van der Waals surface area contributed by atoms with Crippen LogP contribution in [0.4, 0.5) is 0 Å². The molecule has 1 N–H and O–H groups in total. The Morgan fingerprint density at radius 3 is 2.15 bits per heavy atom. The van der Waals surface area contributed by atoms with Crippen LogP contribution in [-0.2, 0) is 11.2 Å². The van der Waals surface area contributed by atoms with Crippen LogP contribution in [-0.4, -0.2) is 58.9 Å². The molecule has 3 rings (SSSR count). The van der Waals surface area contributed by atoms with Crippen molar-refractivity contribution in [1.82, 2.24) is 9.80 Å². The second-order valence-corrected chi connectivity index (χ2v) is 7.56. The average Bonchev–Trinajstić information content (AvgIpc) is 3.19. The molecule has 6 nitrogen and oxygen atoms in total. The Balaban J connectivity index is 1.44. The van der Waals surface area contributed by atoms with Crippen LogP contribution in [0.2, 0.25) is 0 Å². The average molecular weight is 386 g/mol. The number of carbonyl (C=O) groups excluding carboxylic acids is 2. The van der Waals surface area contributed by atoms with E-state index in [1.165, 1.54) is 11.6 Å². The van der Waals surface area contributed by atoms with Crippen molar-refractivity contribution in [2.24, 2.45) is 0 Å². The summed E-state index contributed by atoms with van der Waals surface area (Å²) in [5.74, 6) is -1.06. The smallest absolute Gasteiger partial charge is 0.345 e. The van der Waals surface area contributed by atoms with E-state index in [0.29, 0.717) is 37.5 Å². The molecule has 2 aromatic rings. The highest BCUT2D eigenvalue weighted by atomic mass is 32.1. The number of carboxylic acids is 1. The van der Waals surface area contributed by atoms with E-state index in [2.05, 4.69) is 12.1 Å². The van der Waals surface area contributed by atoms with Gasteiger partial charge in [0.05, 0.1) is 4.88 Å². The van der Waals surface area contributed by atoms with Crippen LogP contribution >= 0.6 is 11.3 Å². The quantitative estimate of drug-likeness (QED) is 0.828. The number of aromatic carboxylic acids is 1. The number of benzene rings is 1. The van der Waals surface area contributed by atoms with Gasteiger partial charge in [0.2, 0.25) is 5.91 Å². The van der Waals surface area contributed by atoms with E-state index in [-0.39, 0.29) is 16.7 Å². The molecule has 0 bridgehead atoms. The van der Waals surface area contributed by atoms with E-state index in [4.69, 9.17) is 5.11 Å². The number of hydrogen-bond donors (Lipinski definition) is 1. The summed E-state index contributed by atoms with van der Waals surface area (Å²) in [6.07, 6.45) is 2.21. The number of carboxylic acid groups (broad SMARTS) is 1. The van der Waals surface area contributed by atoms with E-state index in [1.807, 2.05) is 23.1 Å². The highest BCUT2D eigenvalue weighted by Gasteiger charge is 2.25. The molecule has 1 saturated heterocycles. The fraction of sp³-hybridized carbons (Fsp3) is 0.350. The zero-order valence-electron chi connectivity index (χ0n) is 15.0. The van der Waals surface area contributed by atoms with Gasteiger partial charge in [0, 0.05) is 32.6 Å². The van der Waals surface area contributed by atoms with Gasteiger partial charge in [-0.25, -0.2) is 4.79 Å². The van der Waals surface area contributed by atoms with E-state index >= 15 is 0 Å². The lowest BCUT2D eigenvalue weighted by molar-refractivity contribution is -0.132. The van der Waals surface area contributed by atoms with Gasteiger partial charge < -0.3 is 14.9 Å². The first-order chi connectivity index (χ1) is 13.0. The number of hydrogen-bond acceptors (Lipinski definition) is 4. The van der Waals surface area contributed by atoms with Gasteiger partial charge in [-0.1, -0.05) is 30.3 Å². The van der Waals surface area contributed by atoms with Crippen LogP contribution in [0, 0.1) is 0 Å². The number of piperazine rings is 1. The molecule has 0 unspecified atom stereocenters. The van der Waals surface area contributed by atoms with Crippen molar-refractivity contribution in [1.29, 1.82) is 0 Å². The molecule has 27 heavy (non-hydrogen) atoms. The van der Waals surface area contributed by atoms with Crippen LogP contribution in [0.15, 0.2) is 42.5 Å². The summed E-state index contributed by atoms with van der Waals surface area (Å²) < 4.78 is 0. The van der Waals surface area contributed by atoms with Crippen LogP contribution < -0.4 is 0 Å². The molecule has 2 heterocycles. The molecule has 7 heteroatoms. The zero-order chi connectivity index (χ0) is 19.2. The number of rotatable bonds is 6. The Labute approximate surface area is 162 Å². The minimum Gasteiger partial charge on any atom is -0.477 e. The van der Waals surface area contributed by atoms with E-state index in [1.54, 1.807) is 11.0 Å². The SMILES string of the molecule is O=C(O)c1ccc(C(=O)N2CCN(C(=O)CCCc3ccccc3)CC2)s1. The summed E-state index contributed by atoms with van der Waals surface area (Å²) in [6.45, 7) is 1.99. The highest BCUT2D eigenvalue weighted by Crippen LogP contribution is 2.19. The summed E-state index contributed by atoms with van der Waals surface area (Å²) in [5.41, 5.74) is 1.23. The molecule has 1 aliphatic heterocycles.